The van der Waals surface area contributed by atoms with Crippen molar-refractivity contribution in [3.63, 3.8) is 0 Å². The number of aryl methyl sites for hydroxylation is 1. The van der Waals surface area contributed by atoms with Gasteiger partial charge in [-0.05, 0) is 49.2 Å². The number of nitrogens with one attached hydrogen (secondary N) is 1. The second-order valence-electron chi connectivity index (χ2n) is 6.42. The summed E-state index contributed by atoms with van der Waals surface area (Å²) in [6, 6.07) is 13.5. The van der Waals surface area contributed by atoms with Crippen LogP contribution in [0.1, 0.15) is 28.4 Å². The molecule has 1 N–H and O–H groups in total. The Balaban J connectivity index is 1.60. The summed E-state index contributed by atoms with van der Waals surface area (Å²) >= 11 is 0. The third kappa shape index (κ3) is 5.22. The second-order valence-corrected chi connectivity index (χ2v) is 6.42. The van der Waals surface area contributed by atoms with E-state index >= 15 is 0 Å². The summed E-state index contributed by atoms with van der Waals surface area (Å²) in [4.78, 5) is 34.8. The number of hydrogen-bond donors (Lipinski definition) is 1. The van der Waals surface area contributed by atoms with Gasteiger partial charge in [0.2, 0.25) is 0 Å². The van der Waals surface area contributed by atoms with Crippen LogP contribution in [0.3, 0.4) is 0 Å². The van der Waals surface area contributed by atoms with Crippen LogP contribution in [-0.2, 0) is 16.1 Å². The number of esters is 1. The zero-order valence-electron chi connectivity index (χ0n) is 16.2. The lowest BCUT2D eigenvalue weighted by atomic mass is 10.1. The molecule has 0 aliphatic heterocycles. The molecule has 1 heterocycles. The molecule has 0 aliphatic rings. The number of amides is 1. The van der Waals surface area contributed by atoms with Crippen molar-refractivity contribution in [1.29, 1.82) is 0 Å². The molecule has 0 saturated carbocycles. The number of ether oxygens (including phenoxy) is 2. The van der Waals surface area contributed by atoms with E-state index in [2.05, 4.69) is 5.32 Å². The van der Waals surface area contributed by atoms with Gasteiger partial charge in [0, 0.05) is 24.1 Å². The van der Waals surface area contributed by atoms with Gasteiger partial charge >= 0.3 is 11.6 Å². The van der Waals surface area contributed by atoms with E-state index in [0.717, 1.165) is 16.5 Å². The first-order chi connectivity index (χ1) is 14.0. The molecule has 0 radical (unpaired) electrons. The summed E-state index contributed by atoms with van der Waals surface area (Å²) in [5.41, 5.74) is 2.11. The lowest BCUT2D eigenvalue weighted by molar-refractivity contribution is -0.124. The van der Waals surface area contributed by atoms with Gasteiger partial charge in [0.25, 0.3) is 5.91 Å². The van der Waals surface area contributed by atoms with E-state index in [0.29, 0.717) is 23.4 Å². The molecule has 150 valence electrons. The first-order valence-corrected chi connectivity index (χ1v) is 9.16. The third-order valence-electron chi connectivity index (χ3n) is 4.23. The molecular weight excluding hydrogens is 374 g/mol. The lowest BCUT2D eigenvalue weighted by Crippen LogP contribution is -2.28. The van der Waals surface area contributed by atoms with E-state index in [9.17, 15) is 14.4 Å². The highest BCUT2D eigenvalue weighted by atomic mass is 16.5. The minimum absolute atomic E-state index is 0.274. The molecule has 7 nitrogen and oxygen atoms in total. The minimum atomic E-state index is -0.566. The van der Waals surface area contributed by atoms with Crippen molar-refractivity contribution in [3.8, 4) is 5.75 Å². The molecule has 0 saturated heterocycles. The Kier molecular flexibility index (Phi) is 6.29. The van der Waals surface area contributed by atoms with Crippen LogP contribution in [0.4, 0.5) is 0 Å². The van der Waals surface area contributed by atoms with Crippen LogP contribution >= 0.6 is 0 Å². The number of carbonyl (C=O) groups excluding carboxylic acids is 2. The molecule has 0 fully saturated rings. The van der Waals surface area contributed by atoms with Crippen molar-refractivity contribution in [2.45, 2.75) is 20.5 Å². The van der Waals surface area contributed by atoms with Crippen molar-refractivity contribution < 1.29 is 23.5 Å². The molecule has 3 rings (SSSR count). The second kappa shape index (κ2) is 9.05. The summed E-state index contributed by atoms with van der Waals surface area (Å²) in [6.07, 6.45) is 0. The van der Waals surface area contributed by atoms with Crippen molar-refractivity contribution >= 4 is 22.8 Å². The number of hydrogen-bond acceptors (Lipinski definition) is 6. The molecule has 7 heteroatoms. The van der Waals surface area contributed by atoms with Gasteiger partial charge in [-0.2, -0.15) is 0 Å². The number of likely N-dealkylation sites (N-methyl/N-ethyl adjacent to an activating group) is 1. The molecule has 29 heavy (non-hydrogen) atoms. The van der Waals surface area contributed by atoms with Gasteiger partial charge in [-0.1, -0.05) is 12.1 Å². The number of rotatable bonds is 7. The monoisotopic (exact) mass is 395 g/mol. The van der Waals surface area contributed by atoms with Crippen LogP contribution in [0.2, 0.25) is 0 Å². The predicted molar refractivity (Wildman–Crippen MR) is 107 cm³/mol. The Bertz CT molecular complexity index is 1080. The fourth-order valence-electron chi connectivity index (χ4n) is 2.76. The quantitative estimate of drug-likeness (QED) is 0.488. The van der Waals surface area contributed by atoms with E-state index in [-0.39, 0.29) is 19.1 Å². The van der Waals surface area contributed by atoms with Crippen LogP contribution in [0.25, 0.3) is 11.0 Å². The molecule has 1 aromatic heterocycles. The molecule has 3 aromatic rings. The van der Waals surface area contributed by atoms with Crippen molar-refractivity contribution in [2.75, 3.05) is 13.2 Å². The highest BCUT2D eigenvalue weighted by molar-refractivity contribution is 5.91. The molecular formula is C22H21NO6. The van der Waals surface area contributed by atoms with Gasteiger partial charge in [-0.15, -0.1) is 0 Å². The van der Waals surface area contributed by atoms with Crippen molar-refractivity contribution in [2.24, 2.45) is 0 Å². The van der Waals surface area contributed by atoms with E-state index in [1.165, 1.54) is 6.07 Å². The molecule has 0 unspecified atom stereocenters. The van der Waals surface area contributed by atoms with Gasteiger partial charge < -0.3 is 19.2 Å². The van der Waals surface area contributed by atoms with Crippen LogP contribution in [0, 0.1) is 6.92 Å². The van der Waals surface area contributed by atoms with Gasteiger partial charge in [-0.25, -0.2) is 9.59 Å². The Morgan fingerprint density at radius 2 is 1.83 bits per heavy atom. The summed E-state index contributed by atoms with van der Waals surface area (Å²) in [5.74, 6) is -0.340. The summed E-state index contributed by atoms with van der Waals surface area (Å²) in [5, 5.41) is 3.41. The van der Waals surface area contributed by atoms with Crippen LogP contribution < -0.4 is 15.7 Å². The maximum Gasteiger partial charge on any atom is 0.338 e. The van der Waals surface area contributed by atoms with Crippen molar-refractivity contribution in [3.05, 3.63) is 75.6 Å². The Morgan fingerprint density at radius 3 is 2.55 bits per heavy atom. The van der Waals surface area contributed by atoms with Gasteiger partial charge in [0.15, 0.2) is 6.61 Å². The molecule has 0 spiro atoms. The Labute approximate surface area is 167 Å². The number of benzene rings is 2. The van der Waals surface area contributed by atoms with Crippen LogP contribution in [0.15, 0.2) is 57.7 Å². The summed E-state index contributed by atoms with van der Waals surface area (Å²) in [7, 11) is 0. The molecule has 0 bridgehead atoms. The molecule has 0 aliphatic carbocycles. The normalized spacial score (nSPS) is 10.6. The summed E-state index contributed by atoms with van der Waals surface area (Å²) in [6.45, 7) is 4.08. The van der Waals surface area contributed by atoms with E-state index in [1.807, 2.05) is 19.1 Å². The largest absolute Gasteiger partial charge is 0.489 e. The highest BCUT2D eigenvalue weighted by Crippen LogP contribution is 2.23. The first-order valence-electron chi connectivity index (χ1n) is 9.16. The maximum atomic E-state index is 12.0. The topological polar surface area (TPSA) is 94.8 Å². The Hall–Kier alpha value is -3.61. The summed E-state index contributed by atoms with van der Waals surface area (Å²) < 4.78 is 15.9. The van der Waals surface area contributed by atoms with Crippen molar-refractivity contribution in [1.82, 2.24) is 5.32 Å². The molecule has 2 aromatic carbocycles. The van der Waals surface area contributed by atoms with Crippen LogP contribution in [0.5, 0.6) is 5.75 Å². The van der Waals surface area contributed by atoms with E-state index < -0.39 is 11.6 Å². The SMILES string of the molecule is CCNC(=O)COC(=O)c1ccc(COc2ccc3c(C)cc(=O)oc3c2)cc1. The zero-order chi connectivity index (χ0) is 20.8. The van der Waals surface area contributed by atoms with E-state index in [1.54, 1.807) is 37.3 Å². The van der Waals surface area contributed by atoms with Crippen LogP contribution in [-0.4, -0.2) is 25.0 Å². The van der Waals surface area contributed by atoms with Gasteiger partial charge in [0.1, 0.15) is 17.9 Å². The molecule has 0 atom stereocenters. The Morgan fingerprint density at radius 1 is 1.07 bits per heavy atom. The number of carbonyl (C=O) groups is 2. The fourth-order valence-corrected chi connectivity index (χ4v) is 2.76. The third-order valence-corrected chi connectivity index (χ3v) is 4.23. The maximum absolute atomic E-state index is 12.0. The average Bonchev–Trinajstić information content (AvgIpc) is 2.70. The fraction of sp³-hybridized carbons (Fsp3) is 0.227. The van der Waals surface area contributed by atoms with E-state index in [4.69, 9.17) is 13.9 Å². The first kappa shape index (κ1) is 20.1. The smallest absolute Gasteiger partial charge is 0.338 e. The molecule has 1 amide bonds. The highest BCUT2D eigenvalue weighted by Gasteiger charge is 2.10. The predicted octanol–water partition coefficient (Wildman–Crippen LogP) is 2.97. The lowest BCUT2D eigenvalue weighted by Gasteiger charge is -2.09. The number of fused-ring (bicyclic) bond motifs is 1. The standard InChI is InChI=1S/C22H21NO6/c1-3-23-20(24)13-28-22(26)16-6-4-15(5-7-16)12-27-17-8-9-18-14(2)10-21(25)29-19(18)11-17/h4-11H,3,12-13H2,1-2H3,(H,23,24). The van der Waals surface area contributed by atoms with Gasteiger partial charge in [0.05, 0.1) is 5.56 Å². The zero-order valence-corrected chi connectivity index (χ0v) is 16.2. The minimum Gasteiger partial charge on any atom is -0.489 e. The average molecular weight is 395 g/mol. The van der Waals surface area contributed by atoms with Gasteiger partial charge in [-0.3, -0.25) is 4.79 Å².